The van der Waals surface area contributed by atoms with Crippen molar-refractivity contribution < 1.29 is 14.6 Å². The zero-order valence-electron chi connectivity index (χ0n) is 24.3. The van der Waals surface area contributed by atoms with Crippen molar-refractivity contribution in [3.05, 3.63) is 95.1 Å². The van der Waals surface area contributed by atoms with Crippen LogP contribution in [0.5, 0.6) is 0 Å². The number of nitrogens with zero attached hydrogens (tertiary/aromatic N) is 2. The van der Waals surface area contributed by atoms with Gasteiger partial charge in [-0.15, -0.1) is 0 Å². The van der Waals surface area contributed by atoms with E-state index in [-0.39, 0.29) is 24.7 Å². The van der Waals surface area contributed by atoms with Gasteiger partial charge in [0.15, 0.2) is 6.29 Å². The molecule has 6 nitrogen and oxygen atoms in total. The van der Waals surface area contributed by atoms with Gasteiger partial charge in [-0.2, -0.15) is 0 Å². The molecule has 5 atom stereocenters. The molecule has 3 heterocycles. The first-order chi connectivity index (χ1) is 20.1. The molecular weight excluding hydrogens is 510 g/mol. The van der Waals surface area contributed by atoms with Gasteiger partial charge in [-0.3, -0.25) is 4.90 Å². The molecule has 0 saturated carbocycles. The van der Waals surface area contributed by atoms with Gasteiger partial charge >= 0.3 is 0 Å². The quantitative estimate of drug-likeness (QED) is 0.355. The van der Waals surface area contributed by atoms with Crippen LogP contribution in [-0.2, 0) is 22.6 Å². The molecule has 6 heteroatoms. The van der Waals surface area contributed by atoms with E-state index < -0.39 is 6.29 Å². The highest BCUT2D eigenvalue weighted by atomic mass is 16.7. The SMILES string of the molecule is C[C@@H]1[C@H](CN2CCC[C@H]2CN2CCCC2)O[C@H](c2ccc(-c3ccccc3CN)cc2)O[C@@H]1c1ccc(CO)cc1. The van der Waals surface area contributed by atoms with Crippen LogP contribution in [0.4, 0.5) is 0 Å². The predicted octanol–water partition coefficient (Wildman–Crippen LogP) is 5.66. The third-order valence-corrected chi connectivity index (χ3v) is 9.44. The Morgan fingerprint density at radius 2 is 1.56 bits per heavy atom. The monoisotopic (exact) mass is 555 g/mol. The minimum atomic E-state index is -0.447. The third kappa shape index (κ3) is 6.43. The Balaban J connectivity index is 1.24. The molecule has 3 aliphatic heterocycles. The lowest BCUT2D eigenvalue weighted by Crippen LogP contribution is -2.48. The van der Waals surface area contributed by atoms with Gasteiger partial charge < -0.3 is 25.2 Å². The molecule has 0 spiro atoms. The Morgan fingerprint density at radius 3 is 2.29 bits per heavy atom. The van der Waals surface area contributed by atoms with Crippen LogP contribution < -0.4 is 5.73 Å². The average molecular weight is 556 g/mol. The fourth-order valence-electron chi connectivity index (χ4n) is 6.96. The van der Waals surface area contributed by atoms with Crippen molar-refractivity contribution in [1.29, 1.82) is 0 Å². The van der Waals surface area contributed by atoms with Gasteiger partial charge in [0.2, 0.25) is 0 Å². The van der Waals surface area contributed by atoms with Crippen molar-refractivity contribution in [2.45, 2.75) is 70.3 Å². The van der Waals surface area contributed by atoms with Crippen molar-refractivity contribution in [1.82, 2.24) is 9.80 Å². The number of hydrogen-bond donors (Lipinski definition) is 2. The summed E-state index contributed by atoms with van der Waals surface area (Å²) >= 11 is 0. The van der Waals surface area contributed by atoms with Crippen molar-refractivity contribution in [2.24, 2.45) is 11.7 Å². The number of hydrogen-bond acceptors (Lipinski definition) is 6. The Morgan fingerprint density at radius 1 is 0.829 bits per heavy atom. The number of nitrogens with two attached hydrogens (primary N) is 1. The van der Waals surface area contributed by atoms with E-state index in [9.17, 15) is 5.11 Å². The summed E-state index contributed by atoms with van der Waals surface area (Å²) in [5.41, 5.74) is 12.5. The Labute approximate surface area is 245 Å². The van der Waals surface area contributed by atoms with E-state index >= 15 is 0 Å². The molecule has 3 fully saturated rings. The molecule has 3 aliphatic rings. The molecule has 3 aromatic carbocycles. The van der Waals surface area contributed by atoms with Crippen LogP contribution in [-0.4, -0.2) is 59.8 Å². The summed E-state index contributed by atoms with van der Waals surface area (Å²) in [5, 5.41) is 9.58. The first kappa shape index (κ1) is 28.5. The second kappa shape index (κ2) is 13.2. The van der Waals surface area contributed by atoms with Crippen molar-refractivity contribution in [3.8, 4) is 11.1 Å². The molecule has 0 unspecified atom stereocenters. The Hall–Kier alpha value is -2.58. The number of rotatable bonds is 9. The first-order valence-corrected chi connectivity index (χ1v) is 15.5. The molecule has 6 rings (SSSR count). The van der Waals surface area contributed by atoms with Crippen LogP contribution in [0.2, 0.25) is 0 Å². The van der Waals surface area contributed by atoms with Crippen molar-refractivity contribution in [2.75, 3.05) is 32.7 Å². The van der Waals surface area contributed by atoms with E-state index in [1.165, 1.54) is 50.9 Å². The summed E-state index contributed by atoms with van der Waals surface area (Å²) in [4.78, 5) is 5.33. The average Bonchev–Trinajstić information content (AvgIpc) is 3.71. The van der Waals surface area contributed by atoms with Gasteiger partial charge in [-0.05, 0) is 73.1 Å². The summed E-state index contributed by atoms with van der Waals surface area (Å²) in [6.45, 7) is 8.56. The summed E-state index contributed by atoms with van der Waals surface area (Å²) in [6, 6.07) is 25.7. The lowest BCUT2D eigenvalue weighted by molar-refractivity contribution is -0.276. The van der Waals surface area contributed by atoms with Gasteiger partial charge in [-0.25, -0.2) is 0 Å². The number of ether oxygens (including phenoxy) is 2. The highest BCUT2D eigenvalue weighted by Crippen LogP contribution is 2.42. The maximum Gasteiger partial charge on any atom is 0.184 e. The van der Waals surface area contributed by atoms with Gasteiger partial charge in [0.05, 0.1) is 18.8 Å². The van der Waals surface area contributed by atoms with Crippen LogP contribution >= 0.6 is 0 Å². The Bertz CT molecular complexity index is 1260. The number of benzene rings is 3. The van der Waals surface area contributed by atoms with Crippen molar-refractivity contribution >= 4 is 0 Å². The molecule has 0 radical (unpaired) electrons. The zero-order chi connectivity index (χ0) is 28.2. The molecule has 0 bridgehead atoms. The van der Waals surface area contributed by atoms with Gasteiger partial charge in [0, 0.05) is 37.2 Å². The molecule has 0 aromatic heterocycles. The van der Waals surface area contributed by atoms with E-state index in [1.54, 1.807) is 0 Å². The lowest BCUT2D eigenvalue weighted by atomic mass is 9.89. The smallest absolute Gasteiger partial charge is 0.184 e. The summed E-state index contributed by atoms with van der Waals surface area (Å²) in [6.07, 6.45) is 4.71. The summed E-state index contributed by atoms with van der Waals surface area (Å²) < 4.78 is 13.5. The van der Waals surface area contributed by atoms with E-state index in [2.05, 4.69) is 71.3 Å². The van der Waals surface area contributed by atoms with Gasteiger partial charge in [0.25, 0.3) is 0 Å². The van der Waals surface area contributed by atoms with Crippen molar-refractivity contribution in [3.63, 3.8) is 0 Å². The molecule has 41 heavy (non-hydrogen) atoms. The van der Waals surface area contributed by atoms with Crippen LogP contribution in [0.3, 0.4) is 0 Å². The third-order valence-electron chi connectivity index (χ3n) is 9.44. The van der Waals surface area contributed by atoms with E-state index in [0.717, 1.165) is 40.9 Å². The van der Waals surface area contributed by atoms with E-state index in [0.29, 0.717) is 12.6 Å². The zero-order valence-corrected chi connectivity index (χ0v) is 24.3. The number of aliphatic hydroxyl groups is 1. The number of likely N-dealkylation sites (tertiary alicyclic amines) is 2. The second-order valence-electron chi connectivity index (χ2n) is 12.1. The Kier molecular flexibility index (Phi) is 9.16. The highest BCUT2D eigenvalue weighted by Gasteiger charge is 2.40. The maximum absolute atomic E-state index is 9.58. The highest BCUT2D eigenvalue weighted by molar-refractivity contribution is 5.67. The van der Waals surface area contributed by atoms with Gasteiger partial charge in [0.1, 0.15) is 0 Å². The van der Waals surface area contributed by atoms with E-state index in [4.69, 9.17) is 15.2 Å². The molecule has 3 aromatic rings. The maximum atomic E-state index is 9.58. The fraction of sp³-hybridized carbons (Fsp3) is 0.486. The molecular formula is C35H45N3O3. The standard InChI is InChI=1S/C35H45N3O3/c1-25-33(23-38-20-6-8-31(38)22-37-18-4-5-19-37)40-35(41-34(25)28-12-10-26(24-39)11-13-28)29-16-14-27(15-17-29)32-9-3-2-7-30(32)21-36/h2-3,7,9-17,25,31,33-35,39H,4-6,8,18-24,36H2,1H3/t25-,31+,33+,34+,35+/m1/s1. The molecule has 3 saturated heterocycles. The first-order valence-electron chi connectivity index (χ1n) is 15.5. The molecule has 0 amide bonds. The van der Waals surface area contributed by atoms with E-state index in [1.807, 2.05) is 18.2 Å². The largest absolute Gasteiger partial charge is 0.392 e. The summed E-state index contributed by atoms with van der Waals surface area (Å²) in [7, 11) is 0. The summed E-state index contributed by atoms with van der Waals surface area (Å²) in [5.74, 6) is 0.190. The molecule has 3 N–H and O–H groups in total. The fourth-order valence-corrected chi connectivity index (χ4v) is 6.96. The molecule has 218 valence electrons. The van der Waals surface area contributed by atoms with Crippen LogP contribution in [0.25, 0.3) is 11.1 Å². The molecule has 0 aliphatic carbocycles. The predicted molar refractivity (Wildman–Crippen MR) is 163 cm³/mol. The van der Waals surface area contributed by atoms with Crippen LogP contribution in [0.15, 0.2) is 72.8 Å². The minimum absolute atomic E-state index is 0.0444. The lowest BCUT2D eigenvalue weighted by Gasteiger charge is -2.43. The normalized spacial score (nSPS) is 27.4. The van der Waals surface area contributed by atoms with Gasteiger partial charge in [-0.1, -0.05) is 79.7 Å². The minimum Gasteiger partial charge on any atom is -0.392 e. The van der Waals surface area contributed by atoms with Crippen LogP contribution in [0.1, 0.15) is 67.3 Å². The number of aliphatic hydroxyl groups excluding tert-OH is 1. The second-order valence-corrected chi connectivity index (χ2v) is 12.1. The van der Waals surface area contributed by atoms with Crippen LogP contribution in [0, 0.1) is 5.92 Å². The topological polar surface area (TPSA) is 71.2 Å².